The Bertz CT molecular complexity index is 921. The molecule has 2 saturated carbocycles. The number of hydrogen-bond acceptors (Lipinski definition) is 2. The highest BCUT2D eigenvalue weighted by atomic mass is 79.9. The van der Waals surface area contributed by atoms with E-state index in [4.69, 9.17) is 4.74 Å². The van der Waals surface area contributed by atoms with Gasteiger partial charge >= 0.3 is 0 Å². The first-order valence-electron chi connectivity index (χ1n) is 12.0. The topological polar surface area (TPSA) is 12.5 Å². The molecule has 2 aromatic rings. The van der Waals surface area contributed by atoms with Gasteiger partial charge in [0.2, 0.25) is 0 Å². The molecule has 2 bridgehead atoms. The Morgan fingerprint density at radius 3 is 2.70 bits per heavy atom. The largest absolute Gasteiger partial charge is 0.489 e. The first-order valence-corrected chi connectivity index (χ1v) is 12.8. The summed E-state index contributed by atoms with van der Waals surface area (Å²) in [5, 5.41) is 0. The van der Waals surface area contributed by atoms with Gasteiger partial charge in [-0.1, -0.05) is 47.0 Å². The van der Waals surface area contributed by atoms with Crippen molar-refractivity contribution in [3.63, 3.8) is 0 Å². The SMILES string of the molecule is Brc1ccc(COc2ccc3c(c2)C24CCCCC2C(C3)N(CC2CC2)CC4)cc1. The molecule has 1 saturated heterocycles. The quantitative estimate of drug-likeness (QED) is 0.499. The number of benzene rings is 2. The standard InChI is InChI=1S/C27H32BrNO/c28-22-9-6-20(7-10-22)18-30-23-11-8-21-15-26-24-3-1-2-12-27(24,25(21)16-23)13-14-29(26)17-19-4-5-19/h6-11,16,19,24,26H,1-5,12-15,17-18H2. The zero-order valence-corrected chi connectivity index (χ0v) is 19.4. The lowest BCUT2D eigenvalue weighted by atomic mass is 9.52. The van der Waals surface area contributed by atoms with Crippen LogP contribution in [0.3, 0.4) is 0 Å². The van der Waals surface area contributed by atoms with Crippen molar-refractivity contribution in [3.05, 3.63) is 63.6 Å². The average Bonchev–Trinajstić information content (AvgIpc) is 3.59. The molecule has 2 aromatic carbocycles. The van der Waals surface area contributed by atoms with Gasteiger partial charge in [-0.15, -0.1) is 0 Å². The van der Waals surface area contributed by atoms with E-state index in [0.717, 1.165) is 28.1 Å². The molecule has 0 spiro atoms. The Balaban J connectivity index is 1.28. The Kier molecular flexibility index (Phi) is 4.95. The highest BCUT2D eigenvalue weighted by Crippen LogP contribution is 2.56. The van der Waals surface area contributed by atoms with Crippen molar-refractivity contribution < 1.29 is 4.74 Å². The van der Waals surface area contributed by atoms with Crippen LogP contribution in [0, 0.1) is 11.8 Å². The maximum Gasteiger partial charge on any atom is 0.120 e. The van der Waals surface area contributed by atoms with Crippen LogP contribution < -0.4 is 4.74 Å². The van der Waals surface area contributed by atoms with Crippen molar-refractivity contribution in [2.45, 2.75) is 69.4 Å². The number of halogens is 1. The molecular formula is C27H32BrNO. The van der Waals surface area contributed by atoms with Crippen molar-refractivity contribution >= 4 is 15.9 Å². The van der Waals surface area contributed by atoms with Crippen molar-refractivity contribution in [1.82, 2.24) is 4.90 Å². The van der Waals surface area contributed by atoms with E-state index < -0.39 is 0 Å². The van der Waals surface area contributed by atoms with Gasteiger partial charge in [0.05, 0.1) is 0 Å². The van der Waals surface area contributed by atoms with Crippen molar-refractivity contribution in [3.8, 4) is 5.75 Å². The van der Waals surface area contributed by atoms with E-state index in [-0.39, 0.29) is 0 Å². The fourth-order valence-corrected chi connectivity index (χ4v) is 7.02. The molecule has 6 rings (SSSR count). The molecule has 1 heterocycles. The molecular weight excluding hydrogens is 434 g/mol. The van der Waals surface area contributed by atoms with Crippen molar-refractivity contribution in [2.24, 2.45) is 11.8 Å². The molecule has 2 nitrogen and oxygen atoms in total. The van der Waals surface area contributed by atoms with Gasteiger partial charge in [0, 0.05) is 22.5 Å². The van der Waals surface area contributed by atoms with Crippen LogP contribution in [0.15, 0.2) is 46.9 Å². The normalized spacial score (nSPS) is 30.4. The van der Waals surface area contributed by atoms with E-state index in [9.17, 15) is 0 Å². The fraction of sp³-hybridized carbons (Fsp3) is 0.556. The number of rotatable bonds is 5. The number of nitrogens with zero attached hydrogens (tertiary/aromatic N) is 1. The predicted molar refractivity (Wildman–Crippen MR) is 125 cm³/mol. The molecule has 3 atom stereocenters. The minimum Gasteiger partial charge on any atom is -0.489 e. The summed E-state index contributed by atoms with van der Waals surface area (Å²) in [4.78, 5) is 2.90. The molecule has 3 aliphatic carbocycles. The van der Waals surface area contributed by atoms with Gasteiger partial charge in [-0.2, -0.15) is 0 Å². The summed E-state index contributed by atoms with van der Waals surface area (Å²) < 4.78 is 7.38. The van der Waals surface area contributed by atoms with Crippen LogP contribution in [-0.4, -0.2) is 24.0 Å². The number of fused-ring (bicyclic) bond motifs is 1. The highest BCUT2D eigenvalue weighted by Gasteiger charge is 2.54. The van der Waals surface area contributed by atoms with E-state index in [1.54, 1.807) is 11.1 Å². The zero-order valence-electron chi connectivity index (χ0n) is 17.8. The number of likely N-dealkylation sites (tertiary alicyclic amines) is 1. The van der Waals surface area contributed by atoms with Crippen LogP contribution in [-0.2, 0) is 18.4 Å². The fourth-order valence-electron chi connectivity index (χ4n) is 6.76. The summed E-state index contributed by atoms with van der Waals surface area (Å²) in [5.74, 6) is 2.90. The molecule has 4 aliphatic rings. The lowest BCUT2D eigenvalue weighted by molar-refractivity contribution is -0.0135. The second-order valence-electron chi connectivity index (χ2n) is 10.2. The van der Waals surface area contributed by atoms with E-state index in [0.29, 0.717) is 12.0 Å². The first kappa shape index (κ1) is 19.4. The lowest BCUT2D eigenvalue weighted by Crippen LogP contribution is -2.61. The van der Waals surface area contributed by atoms with Gasteiger partial charge in [-0.05, 0) is 97.9 Å². The van der Waals surface area contributed by atoms with Crippen LogP contribution >= 0.6 is 15.9 Å². The molecule has 3 unspecified atom stereocenters. The van der Waals surface area contributed by atoms with Crippen LogP contribution in [0.5, 0.6) is 5.75 Å². The monoisotopic (exact) mass is 465 g/mol. The van der Waals surface area contributed by atoms with Gasteiger partial charge < -0.3 is 4.74 Å². The van der Waals surface area contributed by atoms with Gasteiger partial charge in [-0.25, -0.2) is 0 Å². The minimum atomic E-state index is 0.410. The van der Waals surface area contributed by atoms with Gasteiger partial charge in [-0.3, -0.25) is 4.90 Å². The first-order chi connectivity index (χ1) is 14.7. The Labute approximate surface area is 189 Å². The predicted octanol–water partition coefficient (Wildman–Crippen LogP) is 6.50. The summed E-state index contributed by atoms with van der Waals surface area (Å²) in [6.45, 7) is 3.31. The summed E-state index contributed by atoms with van der Waals surface area (Å²) in [6.07, 6.45) is 11.2. The third-order valence-electron chi connectivity index (χ3n) is 8.43. The molecule has 0 aromatic heterocycles. The molecule has 1 aliphatic heterocycles. The summed E-state index contributed by atoms with van der Waals surface area (Å²) in [7, 11) is 0. The Hall–Kier alpha value is -1.32. The van der Waals surface area contributed by atoms with E-state index in [1.807, 2.05) is 0 Å². The summed E-state index contributed by atoms with van der Waals surface area (Å²) in [5.41, 5.74) is 4.88. The molecule has 0 N–H and O–H groups in total. The molecule has 3 heteroatoms. The third kappa shape index (κ3) is 3.42. The third-order valence-corrected chi connectivity index (χ3v) is 8.96. The molecule has 158 valence electrons. The molecule has 0 radical (unpaired) electrons. The van der Waals surface area contributed by atoms with Gasteiger partial charge in [0.25, 0.3) is 0 Å². The van der Waals surface area contributed by atoms with E-state index in [1.165, 1.54) is 70.0 Å². The summed E-state index contributed by atoms with van der Waals surface area (Å²) in [6, 6.07) is 16.3. The lowest BCUT2D eigenvalue weighted by Gasteiger charge is -2.59. The molecule has 3 fully saturated rings. The Morgan fingerprint density at radius 2 is 1.87 bits per heavy atom. The second-order valence-corrected chi connectivity index (χ2v) is 11.1. The van der Waals surface area contributed by atoms with Gasteiger partial charge in [0.1, 0.15) is 12.4 Å². The smallest absolute Gasteiger partial charge is 0.120 e. The summed E-state index contributed by atoms with van der Waals surface area (Å²) >= 11 is 3.52. The Morgan fingerprint density at radius 1 is 1.00 bits per heavy atom. The van der Waals surface area contributed by atoms with Crippen LogP contribution in [0.25, 0.3) is 0 Å². The average molecular weight is 466 g/mol. The molecule has 0 amide bonds. The van der Waals surface area contributed by atoms with E-state index in [2.05, 4.69) is 63.3 Å². The van der Waals surface area contributed by atoms with Crippen LogP contribution in [0.1, 0.15) is 61.6 Å². The number of ether oxygens (including phenoxy) is 1. The maximum atomic E-state index is 6.27. The highest BCUT2D eigenvalue weighted by molar-refractivity contribution is 9.10. The number of hydrogen-bond donors (Lipinski definition) is 0. The number of piperidine rings is 1. The van der Waals surface area contributed by atoms with Crippen LogP contribution in [0.4, 0.5) is 0 Å². The van der Waals surface area contributed by atoms with Crippen molar-refractivity contribution in [1.29, 1.82) is 0 Å². The van der Waals surface area contributed by atoms with E-state index >= 15 is 0 Å². The van der Waals surface area contributed by atoms with Crippen molar-refractivity contribution in [2.75, 3.05) is 13.1 Å². The van der Waals surface area contributed by atoms with Crippen LogP contribution in [0.2, 0.25) is 0 Å². The maximum absolute atomic E-state index is 6.27. The molecule has 30 heavy (non-hydrogen) atoms. The van der Waals surface area contributed by atoms with Gasteiger partial charge in [0.15, 0.2) is 0 Å². The second kappa shape index (κ2) is 7.67. The minimum absolute atomic E-state index is 0.410. The zero-order chi connectivity index (χ0) is 20.1.